The van der Waals surface area contributed by atoms with Crippen molar-refractivity contribution in [1.82, 2.24) is 5.32 Å². The van der Waals surface area contributed by atoms with E-state index in [1.54, 1.807) is 13.2 Å². The van der Waals surface area contributed by atoms with E-state index >= 15 is 0 Å². The number of hydrogen-bond acceptors (Lipinski definition) is 2. The molecule has 0 spiro atoms. The van der Waals surface area contributed by atoms with E-state index < -0.39 is 0 Å². The molecule has 2 nitrogen and oxygen atoms in total. The third-order valence-electron chi connectivity index (χ3n) is 2.74. The van der Waals surface area contributed by atoms with E-state index in [0.717, 1.165) is 29.8 Å². The van der Waals surface area contributed by atoms with Gasteiger partial charge < -0.3 is 10.1 Å². The molecule has 14 heavy (non-hydrogen) atoms. The number of ether oxygens (including phenoxy) is 1. The minimum absolute atomic E-state index is 0.117. The summed E-state index contributed by atoms with van der Waals surface area (Å²) >= 11 is 0. The predicted octanol–water partition coefficient (Wildman–Crippen LogP) is 2.04. The molecule has 1 aliphatic rings. The molecule has 0 amide bonds. The van der Waals surface area contributed by atoms with Gasteiger partial charge in [-0.05, 0) is 37.6 Å². The van der Waals surface area contributed by atoms with Crippen LogP contribution in [0.5, 0.6) is 5.75 Å². The van der Waals surface area contributed by atoms with Crippen molar-refractivity contribution in [1.29, 1.82) is 0 Å². The highest BCUT2D eigenvalue weighted by molar-refractivity contribution is 5.44. The number of hydrogen-bond donors (Lipinski definition) is 1. The van der Waals surface area contributed by atoms with Crippen molar-refractivity contribution < 1.29 is 9.13 Å². The Labute approximate surface area is 83.1 Å². The van der Waals surface area contributed by atoms with E-state index in [2.05, 4.69) is 5.32 Å². The third kappa shape index (κ3) is 1.38. The molecule has 1 atom stereocenters. The number of nitrogens with one attached hydrogen (secondary N) is 1. The minimum atomic E-state index is -0.117. The molecule has 76 valence electrons. The lowest BCUT2D eigenvalue weighted by atomic mass is 9.94. The van der Waals surface area contributed by atoms with Crippen molar-refractivity contribution in [3.63, 3.8) is 0 Å². The molecular formula is C11H14FNO. The first kappa shape index (κ1) is 9.46. The summed E-state index contributed by atoms with van der Waals surface area (Å²) in [6.45, 7) is 2.86. The second kappa shape index (κ2) is 3.58. The number of benzene rings is 1. The number of fused-ring (bicyclic) bond motifs is 1. The molecule has 1 aromatic carbocycles. The van der Waals surface area contributed by atoms with Crippen LogP contribution in [0.1, 0.15) is 24.1 Å². The zero-order valence-corrected chi connectivity index (χ0v) is 8.43. The highest BCUT2D eigenvalue weighted by atomic mass is 19.1. The lowest BCUT2D eigenvalue weighted by Gasteiger charge is -2.26. The average Bonchev–Trinajstić information content (AvgIpc) is 2.20. The summed E-state index contributed by atoms with van der Waals surface area (Å²) in [5.74, 6) is 0.662. The standard InChI is InChI=1S/C11H14FNO/c1-7-11-8(5-6-13-7)9(12)3-4-10(11)14-2/h3-4,7,13H,5-6H2,1-2H3. The van der Waals surface area contributed by atoms with Gasteiger partial charge in [0.15, 0.2) is 0 Å². The number of halogens is 1. The van der Waals surface area contributed by atoms with Gasteiger partial charge in [-0.25, -0.2) is 4.39 Å². The van der Waals surface area contributed by atoms with Crippen LogP contribution >= 0.6 is 0 Å². The van der Waals surface area contributed by atoms with Gasteiger partial charge in [0.05, 0.1) is 7.11 Å². The molecule has 0 aromatic heterocycles. The summed E-state index contributed by atoms with van der Waals surface area (Å²) in [5.41, 5.74) is 1.77. The molecule has 1 heterocycles. The van der Waals surface area contributed by atoms with Crippen molar-refractivity contribution >= 4 is 0 Å². The van der Waals surface area contributed by atoms with Crippen LogP contribution in [0.15, 0.2) is 12.1 Å². The first-order valence-electron chi connectivity index (χ1n) is 4.82. The summed E-state index contributed by atoms with van der Waals surface area (Å²) < 4.78 is 18.7. The molecule has 0 fully saturated rings. The Balaban J connectivity index is 2.58. The van der Waals surface area contributed by atoms with Crippen molar-refractivity contribution in [2.75, 3.05) is 13.7 Å². The van der Waals surface area contributed by atoms with Crippen LogP contribution in [-0.2, 0) is 6.42 Å². The molecular weight excluding hydrogens is 181 g/mol. The summed E-state index contributed by atoms with van der Waals surface area (Å²) in [4.78, 5) is 0. The van der Waals surface area contributed by atoms with Crippen LogP contribution in [0.4, 0.5) is 4.39 Å². The zero-order valence-electron chi connectivity index (χ0n) is 8.43. The molecule has 0 bridgehead atoms. The number of rotatable bonds is 1. The molecule has 2 rings (SSSR count). The van der Waals surface area contributed by atoms with Crippen molar-refractivity contribution in [3.8, 4) is 5.75 Å². The Kier molecular flexibility index (Phi) is 2.42. The maximum atomic E-state index is 13.5. The van der Waals surface area contributed by atoms with Crippen LogP contribution in [0, 0.1) is 5.82 Å². The number of methoxy groups -OCH3 is 1. The normalized spacial score (nSPS) is 20.4. The maximum Gasteiger partial charge on any atom is 0.127 e. The van der Waals surface area contributed by atoms with Gasteiger partial charge in [-0.2, -0.15) is 0 Å². The molecule has 1 N–H and O–H groups in total. The van der Waals surface area contributed by atoms with Crippen LogP contribution < -0.4 is 10.1 Å². The molecule has 0 radical (unpaired) electrons. The fraction of sp³-hybridized carbons (Fsp3) is 0.455. The van der Waals surface area contributed by atoms with Crippen LogP contribution in [0.3, 0.4) is 0 Å². The fourth-order valence-electron chi connectivity index (χ4n) is 2.04. The van der Waals surface area contributed by atoms with E-state index in [0.29, 0.717) is 0 Å². The van der Waals surface area contributed by atoms with Gasteiger partial charge in [0, 0.05) is 11.6 Å². The van der Waals surface area contributed by atoms with Crippen molar-refractivity contribution in [2.45, 2.75) is 19.4 Å². The van der Waals surface area contributed by atoms with Crippen molar-refractivity contribution in [3.05, 3.63) is 29.1 Å². The van der Waals surface area contributed by atoms with Gasteiger partial charge >= 0.3 is 0 Å². The molecule has 0 aliphatic carbocycles. The molecule has 1 aliphatic heterocycles. The van der Waals surface area contributed by atoms with Gasteiger partial charge in [0.2, 0.25) is 0 Å². The van der Waals surface area contributed by atoms with E-state index in [1.165, 1.54) is 6.07 Å². The topological polar surface area (TPSA) is 21.3 Å². The smallest absolute Gasteiger partial charge is 0.127 e. The molecule has 0 saturated carbocycles. The Morgan fingerprint density at radius 3 is 3.00 bits per heavy atom. The van der Waals surface area contributed by atoms with E-state index in [4.69, 9.17) is 4.74 Å². The van der Waals surface area contributed by atoms with Gasteiger partial charge in [-0.1, -0.05) is 0 Å². The molecule has 0 saturated heterocycles. The maximum absolute atomic E-state index is 13.5. The van der Waals surface area contributed by atoms with Crippen LogP contribution in [-0.4, -0.2) is 13.7 Å². The summed E-state index contributed by atoms with van der Waals surface area (Å²) in [6, 6.07) is 3.34. The lowest BCUT2D eigenvalue weighted by molar-refractivity contribution is 0.392. The Morgan fingerprint density at radius 1 is 1.50 bits per heavy atom. The van der Waals surface area contributed by atoms with E-state index in [-0.39, 0.29) is 11.9 Å². The monoisotopic (exact) mass is 195 g/mol. The molecule has 3 heteroatoms. The summed E-state index contributed by atoms with van der Waals surface area (Å²) in [7, 11) is 1.62. The Bertz CT molecular complexity index is 351. The first-order valence-corrected chi connectivity index (χ1v) is 4.82. The lowest BCUT2D eigenvalue weighted by Crippen LogP contribution is -2.29. The third-order valence-corrected chi connectivity index (χ3v) is 2.74. The highest BCUT2D eigenvalue weighted by Crippen LogP contribution is 2.32. The second-order valence-electron chi connectivity index (χ2n) is 3.57. The highest BCUT2D eigenvalue weighted by Gasteiger charge is 2.22. The van der Waals surface area contributed by atoms with E-state index in [9.17, 15) is 4.39 Å². The van der Waals surface area contributed by atoms with Gasteiger partial charge in [-0.3, -0.25) is 0 Å². The van der Waals surface area contributed by atoms with Gasteiger partial charge in [0.1, 0.15) is 11.6 Å². The average molecular weight is 195 g/mol. The SMILES string of the molecule is COc1ccc(F)c2c1C(C)NCC2. The largest absolute Gasteiger partial charge is 0.496 e. The van der Waals surface area contributed by atoms with Crippen LogP contribution in [0.25, 0.3) is 0 Å². The second-order valence-corrected chi connectivity index (χ2v) is 3.57. The minimum Gasteiger partial charge on any atom is -0.496 e. The van der Waals surface area contributed by atoms with E-state index in [1.807, 2.05) is 6.92 Å². The molecule has 1 unspecified atom stereocenters. The summed E-state index contributed by atoms with van der Waals surface area (Å²) in [5, 5.41) is 3.29. The van der Waals surface area contributed by atoms with Crippen LogP contribution in [0.2, 0.25) is 0 Å². The zero-order chi connectivity index (χ0) is 10.1. The van der Waals surface area contributed by atoms with Gasteiger partial charge in [-0.15, -0.1) is 0 Å². The molecule has 1 aromatic rings. The first-order chi connectivity index (χ1) is 6.74. The summed E-state index contributed by atoms with van der Waals surface area (Å²) in [6.07, 6.45) is 0.739. The quantitative estimate of drug-likeness (QED) is 0.740. The fourth-order valence-corrected chi connectivity index (χ4v) is 2.04. The Hall–Kier alpha value is -1.09. The Morgan fingerprint density at radius 2 is 2.29 bits per heavy atom. The van der Waals surface area contributed by atoms with Crippen molar-refractivity contribution in [2.24, 2.45) is 0 Å². The predicted molar refractivity (Wildman–Crippen MR) is 53.1 cm³/mol. The van der Waals surface area contributed by atoms with Gasteiger partial charge in [0.25, 0.3) is 0 Å².